The van der Waals surface area contributed by atoms with Crippen molar-refractivity contribution in [1.29, 1.82) is 10.5 Å². The number of hydrogen-bond acceptors (Lipinski definition) is 4. The second kappa shape index (κ2) is 7.85. The van der Waals surface area contributed by atoms with E-state index in [2.05, 4.69) is 17.1 Å². The van der Waals surface area contributed by atoms with Crippen molar-refractivity contribution < 1.29 is 9.18 Å². The van der Waals surface area contributed by atoms with Crippen molar-refractivity contribution in [3.05, 3.63) is 75.9 Å². The number of rotatable bonds is 5. The third kappa shape index (κ3) is 3.28. The van der Waals surface area contributed by atoms with Gasteiger partial charge in [-0.25, -0.2) is 4.39 Å². The van der Waals surface area contributed by atoms with Gasteiger partial charge >= 0.3 is 0 Å². The van der Waals surface area contributed by atoms with Crippen LogP contribution >= 0.6 is 0 Å². The van der Waals surface area contributed by atoms with Gasteiger partial charge < -0.3 is 4.57 Å². The molecule has 2 aromatic heterocycles. The van der Waals surface area contributed by atoms with E-state index in [1.54, 1.807) is 48.0 Å². The molecule has 2 heterocycles. The number of nitrogens with zero attached hydrogens (tertiary/aromatic N) is 4. The summed E-state index contributed by atoms with van der Waals surface area (Å²) in [5, 5.41) is 18.7. The molecule has 6 heteroatoms. The summed E-state index contributed by atoms with van der Waals surface area (Å²) in [7, 11) is 0. The minimum absolute atomic E-state index is 0.278. The molecule has 0 fully saturated rings. The van der Waals surface area contributed by atoms with Gasteiger partial charge in [-0.05, 0) is 43.2 Å². The molecular weight excluding hydrogens is 355 g/mol. The van der Waals surface area contributed by atoms with E-state index in [0.717, 1.165) is 23.1 Å². The van der Waals surface area contributed by atoms with Gasteiger partial charge in [-0.1, -0.05) is 12.1 Å². The van der Waals surface area contributed by atoms with E-state index in [0.29, 0.717) is 28.9 Å². The van der Waals surface area contributed by atoms with Crippen LogP contribution in [0.3, 0.4) is 0 Å². The number of hydrogen-bond donors (Lipinski definition) is 0. The van der Waals surface area contributed by atoms with Crippen LogP contribution in [0.2, 0.25) is 0 Å². The number of benzene rings is 1. The fourth-order valence-corrected chi connectivity index (χ4v) is 3.32. The van der Waals surface area contributed by atoms with Gasteiger partial charge in [-0.3, -0.25) is 9.78 Å². The summed E-state index contributed by atoms with van der Waals surface area (Å²) in [6.45, 7) is 3.08. The minimum Gasteiger partial charge on any atom is -0.340 e. The van der Waals surface area contributed by atoms with E-state index in [-0.39, 0.29) is 11.3 Å². The Labute approximate surface area is 162 Å². The lowest BCUT2D eigenvalue weighted by Gasteiger charge is -2.11. The number of aryl methyl sites for hydroxylation is 1. The molecule has 3 aromatic rings. The number of nitriles is 2. The standard InChI is InChI=1S/C22H17FN4O/c1-14-19(13-28)7-17(11-26-14)12-27-15(2)22(20(10-25)21(27)8-23)18-5-3-16(9-24)4-6-18/h3-7,11,13H,8,12H2,1-2H3. The van der Waals surface area contributed by atoms with Crippen LogP contribution in [-0.2, 0) is 13.2 Å². The average molecular weight is 372 g/mol. The van der Waals surface area contributed by atoms with E-state index in [1.165, 1.54) is 0 Å². The highest BCUT2D eigenvalue weighted by Crippen LogP contribution is 2.33. The van der Waals surface area contributed by atoms with Crippen molar-refractivity contribution in [3.8, 4) is 23.3 Å². The van der Waals surface area contributed by atoms with Crippen molar-refractivity contribution in [2.24, 2.45) is 0 Å². The van der Waals surface area contributed by atoms with Gasteiger partial charge in [-0.15, -0.1) is 0 Å². The van der Waals surface area contributed by atoms with E-state index in [4.69, 9.17) is 5.26 Å². The number of aromatic nitrogens is 2. The second-order valence-corrected chi connectivity index (χ2v) is 6.44. The van der Waals surface area contributed by atoms with Crippen molar-refractivity contribution in [2.75, 3.05) is 0 Å². The Morgan fingerprint density at radius 1 is 1.18 bits per heavy atom. The summed E-state index contributed by atoms with van der Waals surface area (Å²) >= 11 is 0. The summed E-state index contributed by atoms with van der Waals surface area (Å²) < 4.78 is 15.6. The van der Waals surface area contributed by atoms with E-state index in [1.807, 2.05) is 6.92 Å². The van der Waals surface area contributed by atoms with Gasteiger partial charge in [0, 0.05) is 35.3 Å². The Kier molecular flexibility index (Phi) is 5.33. The molecule has 0 atom stereocenters. The monoisotopic (exact) mass is 372 g/mol. The zero-order valence-corrected chi connectivity index (χ0v) is 15.5. The van der Waals surface area contributed by atoms with Gasteiger partial charge in [0.1, 0.15) is 12.7 Å². The SMILES string of the molecule is Cc1ncc(Cn2c(C)c(-c3ccc(C#N)cc3)c(C#N)c2CF)cc1C=O. The van der Waals surface area contributed by atoms with Crippen molar-refractivity contribution in [2.45, 2.75) is 27.1 Å². The normalized spacial score (nSPS) is 10.3. The lowest BCUT2D eigenvalue weighted by molar-refractivity contribution is 0.112. The summed E-state index contributed by atoms with van der Waals surface area (Å²) in [4.78, 5) is 15.4. The Morgan fingerprint density at radius 3 is 2.46 bits per heavy atom. The zero-order chi connectivity index (χ0) is 20.3. The molecule has 0 saturated carbocycles. The first kappa shape index (κ1) is 19.0. The molecule has 28 heavy (non-hydrogen) atoms. The van der Waals surface area contributed by atoms with Gasteiger partial charge in [0.15, 0.2) is 6.29 Å². The highest BCUT2D eigenvalue weighted by molar-refractivity contribution is 5.77. The predicted octanol–water partition coefficient (Wildman–Crippen LogP) is 4.24. The third-order valence-corrected chi connectivity index (χ3v) is 4.82. The van der Waals surface area contributed by atoms with E-state index >= 15 is 0 Å². The van der Waals surface area contributed by atoms with Crippen molar-refractivity contribution in [1.82, 2.24) is 9.55 Å². The number of halogens is 1. The van der Waals surface area contributed by atoms with Crippen LogP contribution in [0.1, 0.15) is 44.1 Å². The molecule has 138 valence electrons. The summed E-state index contributed by atoms with van der Waals surface area (Å²) in [5.74, 6) is 0. The number of alkyl halides is 1. The number of carbonyl (C=O) groups is 1. The molecule has 0 aliphatic heterocycles. The highest BCUT2D eigenvalue weighted by Gasteiger charge is 2.22. The first-order valence-electron chi connectivity index (χ1n) is 8.63. The second-order valence-electron chi connectivity index (χ2n) is 6.44. The van der Waals surface area contributed by atoms with E-state index in [9.17, 15) is 14.4 Å². The topological polar surface area (TPSA) is 82.5 Å². The molecule has 1 aromatic carbocycles. The minimum atomic E-state index is -0.792. The van der Waals surface area contributed by atoms with Gasteiger partial charge in [0.25, 0.3) is 0 Å². The van der Waals surface area contributed by atoms with Gasteiger partial charge in [-0.2, -0.15) is 10.5 Å². The fourth-order valence-electron chi connectivity index (χ4n) is 3.32. The first-order valence-corrected chi connectivity index (χ1v) is 8.63. The number of pyridine rings is 1. The molecule has 0 bridgehead atoms. The lowest BCUT2D eigenvalue weighted by Crippen LogP contribution is -2.07. The smallest absolute Gasteiger partial charge is 0.151 e. The first-order chi connectivity index (χ1) is 13.5. The molecule has 0 N–H and O–H groups in total. The lowest BCUT2D eigenvalue weighted by atomic mass is 10.00. The Morgan fingerprint density at radius 2 is 1.89 bits per heavy atom. The molecule has 5 nitrogen and oxygen atoms in total. The molecule has 3 rings (SSSR count). The van der Waals surface area contributed by atoms with Gasteiger partial charge in [0.05, 0.1) is 22.9 Å². The van der Waals surface area contributed by atoms with Crippen LogP contribution in [0.5, 0.6) is 0 Å². The predicted molar refractivity (Wildman–Crippen MR) is 102 cm³/mol. The molecule has 0 saturated heterocycles. The third-order valence-electron chi connectivity index (χ3n) is 4.82. The Bertz CT molecular complexity index is 1130. The van der Waals surface area contributed by atoms with Crippen molar-refractivity contribution >= 4 is 6.29 Å². The van der Waals surface area contributed by atoms with Crippen molar-refractivity contribution in [3.63, 3.8) is 0 Å². The average Bonchev–Trinajstić information content (AvgIpc) is 3.00. The zero-order valence-electron chi connectivity index (χ0n) is 15.5. The number of carbonyl (C=O) groups excluding carboxylic acids is 1. The number of aldehydes is 1. The molecule has 0 amide bonds. The van der Waals surface area contributed by atoms with Crippen LogP contribution in [0.15, 0.2) is 36.5 Å². The van der Waals surface area contributed by atoms with Crippen LogP contribution in [0.25, 0.3) is 11.1 Å². The van der Waals surface area contributed by atoms with Crippen LogP contribution < -0.4 is 0 Å². The summed E-state index contributed by atoms with van der Waals surface area (Å²) in [6.07, 6.45) is 2.39. The summed E-state index contributed by atoms with van der Waals surface area (Å²) in [5.41, 5.74) is 5.07. The molecule has 0 unspecified atom stereocenters. The summed E-state index contributed by atoms with van der Waals surface area (Å²) in [6, 6.07) is 12.8. The maximum Gasteiger partial charge on any atom is 0.151 e. The largest absolute Gasteiger partial charge is 0.340 e. The Hall–Kier alpha value is -3.77. The molecule has 0 aliphatic carbocycles. The molecule has 0 radical (unpaired) electrons. The van der Waals surface area contributed by atoms with Gasteiger partial charge in [0.2, 0.25) is 0 Å². The van der Waals surface area contributed by atoms with Crippen LogP contribution in [0.4, 0.5) is 4.39 Å². The van der Waals surface area contributed by atoms with Crippen LogP contribution in [-0.4, -0.2) is 15.8 Å². The Balaban J connectivity index is 2.14. The molecular formula is C22H17FN4O. The molecule has 0 aliphatic rings. The fraction of sp³-hybridized carbons (Fsp3) is 0.182. The van der Waals surface area contributed by atoms with E-state index < -0.39 is 6.67 Å². The maximum atomic E-state index is 13.9. The van der Waals surface area contributed by atoms with Crippen LogP contribution in [0, 0.1) is 36.5 Å². The maximum absolute atomic E-state index is 13.9. The quantitative estimate of drug-likeness (QED) is 0.627. The highest BCUT2D eigenvalue weighted by atomic mass is 19.1. The molecule has 0 spiro atoms.